The van der Waals surface area contributed by atoms with Gasteiger partial charge in [-0.1, -0.05) is 36.4 Å². The Morgan fingerprint density at radius 3 is 2.58 bits per heavy atom. The molecule has 2 N–H and O–H groups in total. The van der Waals surface area contributed by atoms with Crippen molar-refractivity contribution in [3.8, 4) is 11.1 Å². The number of aryl methyl sites for hydroxylation is 1. The quantitative estimate of drug-likeness (QED) is 0.774. The first-order valence-corrected chi connectivity index (χ1v) is 7.58. The minimum absolute atomic E-state index is 0.201. The van der Waals surface area contributed by atoms with Crippen LogP contribution in [0.1, 0.15) is 21.7 Å². The van der Waals surface area contributed by atoms with Crippen LogP contribution < -0.4 is 5.32 Å². The van der Waals surface area contributed by atoms with Crippen molar-refractivity contribution in [2.75, 3.05) is 5.32 Å². The number of anilines is 1. The van der Waals surface area contributed by atoms with Gasteiger partial charge in [-0.05, 0) is 47.9 Å². The predicted octanol–water partition coefficient (Wildman–Crippen LogP) is 3.20. The lowest BCUT2D eigenvalue weighted by molar-refractivity contribution is 0.102. The number of carbonyl (C=O) groups is 1. The molecule has 120 valence electrons. The Bertz CT molecular complexity index is 860. The second kappa shape index (κ2) is 7.02. The topological polar surface area (TPSA) is 75.1 Å². The van der Waals surface area contributed by atoms with Crippen molar-refractivity contribution in [1.29, 1.82) is 0 Å². The standard InChI is InChI=1S/C19H17N3O2/c1-13-5-2-3-8-17(13)14-6-4-7-15(11-14)20-19(24)18-10-9-16(12-23)21-22-18/h2-11,23H,12H2,1H3,(H,20,24). The molecule has 0 aliphatic rings. The average molecular weight is 319 g/mol. The van der Waals surface area contributed by atoms with E-state index in [9.17, 15) is 4.79 Å². The molecule has 3 rings (SSSR count). The second-order valence-corrected chi connectivity index (χ2v) is 5.42. The lowest BCUT2D eigenvalue weighted by atomic mass is 10.0. The molecule has 24 heavy (non-hydrogen) atoms. The van der Waals surface area contributed by atoms with Crippen molar-refractivity contribution in [2.24, 2.45) is 0 Å². The third kappa shape index (κ3) is 3.47. The monoisotopic (exact) mass is 319 g/mol. The normalized spacial score (nSPS) is 10.4. The Hall–Kier alpha value is -3.05. The minimum atomic E-state index is -0.339. The Morgan fingerprint density at radius 1 is 1.04 bits per heavy atom. The summed E-state index contributed by atoms with van der Waals surface area (Å²) >= 11 is 0. The molecule has 0 aliphatic carbocycles. The fourth-order valence-corrected chi connectivity index (χ4v) is 2.42. The minimum Gasteiger partial charge on any atom is -0.390 e. The zero-order valence-corrected chi connectivity index (χ0v) is 13.2. The molecular weight excluding hydrogens is 302 g/mol. The summed E-state index contributed by atoms with van der Waals surface area (Å²) in [6.45, 7) is 1.85. The first-order valence-electron chi connectivity index (χ1n) is 7.58. The van der Waals surface area contributed by atoms with Crippen LogP contribution in [0.25, 0.3) is 11.1 Å². The number of aliphatic hydroxyl groups excluding tert-OH is 1. The maximum Gasteiger partial charge on any atom is 0.276 e. The molecule has 0 unspecified atom stereocenters. The molecule has 0 atom stereocenters. The van der Waals surface area contributed by atoms with E-state index in [1.165, 1.54) is 5.56 Å². The van der Waals surface area contributed by atoms with Crippen molar-refractivity contribution in [1.82, 2.24) is 10.2 Å². The van der Waals surface area contributed by atoms with Gasteiger partial charge in [0.2, 0.25) is 0 Å². The average Bonchev–Trinajstić information content (AvgIpc) is 2.62. The SMILES string of the molecule is Cc1ccccc1-c1cccc(NC(=O)c2ccc(CO)nn2)c1. The van der Waals surface area contributed by atoms with Crippen molar-refractivity contribution in [3.63, 3.8) is 0 Å². The first kappa shape index (κ1) is 15.8. The molecule has 0 radical (unpaired) electrons. The molecule has 1 aromatic heterocycles. The summed E-state index contributed by atoms with van der Waals surface area (Å²) < 4.78 is 0. The Balaban J connectivity index is 1.81. The van der Waals surface area contributed by atoms with Gasteiger partial charge in [-0.25, -0.2) is 0 Å². The second-order valence-electron chi connectivity index (χ2n) is 5.42. The van der Waals surface area contributed by atoms with Crippen LogP contribution in [0.3, 0.4) is 0 Å². The number of rotatable bonds is 4. The molecule has 1 heterocycles. The van der Waals surface area contributed by atoms with E-state index >= 15 is 0 Å². The highest BCUT2D eigenvalue weighted by atomic mass is 16.3. The summed E-state index contributed by atoms with van der Waals surface area (Å²) in [5.74, 6) is -0.339. The predicted molar refractivity (Wildman–Crippen MR) is 92.5 cm³/mol. The van der Waals surface area contributed by atoms with Gasteiger partial charge >= 0.3 is 0 Å². The summed E-state index contributed by atoms with van der Waals surface area (Å²) in [5.41, 5.74) is 4.65. The number of hydrogen-bond acceptors (Lipinski definition) is 4. The number of amides is 1. The van der Waals surface area contributed by atoms with Gasteiger partial charge in [0.25, 0.3) is 5.91 Å². The van der Waals surface area contributed by atoms with Crippen LogP contribution in [0.5, 0.6) is 0 Å². The van der Waals surface area contributed by atoms with Crippen molar-refractivity contribution < 1.29 is 9.90 Å². The zero-order valence-electron chi connectivity index (χ0n) is 13.2. The third-order valence-electron chi connectivity index (χ3n) is 3.69. The maximum absolute atomic E-state index is 12.3. The van der Waals surface area contributed by atoms with Crippen LogP contribution >= 0.6 is 0 Å². The highest BCUT2D eigenvalue weighted by molar-refractivity contribution is 6.03. The number of hydrogen-bond donors (Lipinski definition) is 2. The number of nitrogens with one attached hydrogen (secondary N) is 1. The van der Waals surface area contributed by atoms with Gasteiger partial charge in [-0.15, -0.1) is 5.10 Å². The molecule has 5 heteroatoms. The van der Waals surface area contributed by atoms with Gasteiger partial charge in [0.15, 0.2) is 5.69 Å². The highest BCUT2D eigenvalue weighted by Gasteiger charge is 2.09. The molecule has 0 aliphatic heterocycles. The number of aromatic nitrogens is 2. The largest absolute Gasteiger partial charge is 0.390 e. The lowest BCUT2D eigenvalue weighted by Crippen LogP contribution is -2.14. The van der Waals surface area contributed by atoms with E-state index in [0.29, 0.717) is 11.4 Å². The van der Waals surface area contributed by atoms with Gasteiger partial charge < -0.3 is 10.4 Å². The van der Waals surface area contributed by atoms with Crippen LogP contribution in [-0.2, 0) is 6.61 Å². The van der Waals surface area contributed by atoms with Crippen LogP contribution in [-0.4, -0.2) is 21.2 Å². The third-order valence-corrected chi connectivity index (χ3v) is 3.69. The molecule has 0 bridgehead atoms. The van der Waals surface area contributed by atoms with Crippen molar-refractivity contribution >= 4 is 11.6 Å². The Morgan fingerprint density at radius 2 is 1.88 bits per heavy atom. The summed E-state index contributed by atoms with van der Waals surface area (Å²) in [4.78, 5) is 12.3. The van der Waals surface area contributed by atoms with Crippen LogP contribution in [0.2, 0.25) is 0 Å². The van der Waals surface area contributed by atoms with E-state index in [4.69, 9.17) is 5.11 Å². The molecule has 0 saturated heterocycles. The van der Waals surface area contributed by atoms with Crippen LogP contribution in [0, 0.1) is 6.92 Å². The summed E-state index contributed by atoms with van der Waals surface area (Å²) in [6.07, 6.45) is 0. The van der Waals surface area contributed by atoms with E-state index < -0.39 is 0 Å². The zero-order chi connectivity index (χ0) is 16.9. The molecule has 0 spiro atoms. The molecular formula is C19H17N3O2. The molecule has 0 saturated carbocycles. The number of aliphatic hydroxyl groups is 1. The highest BCUT2D eigenvalue weighted by Crippen LogP contribution is 2.25. The lowest BCUT2D eigenvalue weighted by Gasteiger charge is -2.09. The van der Waals surface area contributed by atoms with E-state index in [1.807, 2.05) is 36.4 Å². The van der Waals surface area contributed by atoms with E-state index in [1.54, 1.807) is 12.1 Å². The summed E-state index contributed by atoms with van der Waals surface area (Å²) in [7, 11) is 0. The van der Waals surface area contributed by atoms with Gasteiger partial charge in [0.1, 0.15) is 0 Å². The summed E-state index contributed by atoms with van der Waals surface area (Å²) in [5, 5.41) is 19.4. The molecule has 3 aromatic rings. The van der Waals surface area contributed by atoms with E-state index in [2.05, 4.69) is 34.6 Å². The fraction of sp³-hybridized carbons (Fsp3) is 0.105. The Kier molecular flexibility index (Phi) is 4.63. The van der Waals surface area contributed by atoms with Crippen LogP contribution in [0.15, 0.2) is 60.7 Å². The number of benzene rings is 2. The summed E-state index contributed by atoms with van der Waals surface area (Å²) in [6, 6.07) is 18.9. The van der Waals surface area contributed by atoms with Crippen molar-refractivity contribution in [2.45, 2.75) is 13.5 Å². The van der Waals surface area contributed by atoms with Gasteiger partial charge in [0, 0.05) is 5.69 Å². The molecule has 1 amide bonds. The van der Waals surface area contributed by atoms with E-state index in [0.717, 1.165) is 11.1 Å². The molecule has 2 aromatic carbocycles. The van der Waals surface area contributed by atoms with E-state index in [-0.39, 0.29) is 18.2 Å². The number of nitrogens with zero attached hydrogens (tertiary/aromatic N) is 2. The van der Waals surface area contributed by atoms with Gasteiger partial charge in [0.05, 0.1) is 12.3 Å². The number of carbonyl (C=O) groups excluding carboxylic acids is 1. The van der Waals surface area contributed by atoms with Crippen molar-refractivity contribution in [3.05, 3.63) is 77.6 Å². The molecule has 5 nitrogen and oxygen atoms in total. The first-order chi connectivity index (χ1) is 11.7. The maximum atomic E-state index is 12.3. The van der Waals surface area contributed by atoms with Crippen LogP contribution in [0.4, 0.5) is 5.69 Å². The smallest absolute Gasteiger partial charge is 0.276 e. The molecule has 0 fully saturated rings. The fourth-order valence-electron chi connectivity index (χ4n) is 2.42. The van der Waals surface area contributed by atoms with Gasteiger partial charge in [-0.3, -0.25) is 4.79 Å². The Labute approximate surface area is 140 Å². The van der Waals surface area contributed by atoms with Gasteiger partial charge in [-0.2, -0.15) is 5.10 Å².